The highest BCUT2D eigenvalue weighted by atomic mass is 127. The number of nitrogens with zero attached hydrogens (tertiary/aromatic N) is 5. The van der Waals surface area contributed by atoms with Crippen LogP contribution < -0.4 is 0 Å². The molecule has 3 heterocycles. The molecule has 0 spiro atoms. The zero-order valence-corrected chi connectivity index (χ0v) is 16.1. The Morgan fingerprint density at radius 2 is 2.21 bits per heavy atom. The zero-order chi connectivity index (χ0) is 16.7. The number of likely N-dealkylation sites (tertiary alicyclic amines) is 1. The van der Waals surface area contributed by atoms with Crippen molar-refractivity contribution in [1.82, 2.24) is 24.7 Å². The summed E-state index contributed by atoms with van der Waals surface area (Å²) in [5.41, 5.74) is 1.03. The molecule has 0 unspecified atom stereocenters. The van der Waals surface area contributed by atoms with Gasteiger partial charge in [0.1, 0.15) is 5.01 Å². The summed E-state index contributed by atoms with van der Waals surface area (Å²) in [4.78, 5) is 15.4. The minimum Gasteiger partial charge on any atom is -0.333 e. The molecule has 0 radical (unpaired) electrons. The van der Waals surface area contributed by atoms with E-state index in [9.17, 15) is 4.79 Å². The molecule has 1 aliphatic rings. The highest BCUT2D eigenvalue weighted by Crippen LogP contribution is 2.27. The predicted molar refractivity (Wildman–Crippen MR) is 101 cm³/mol. The fourth-order valence-corrected chi connectivity index (χ4v) is 4.40. The van der Waals surface area contributed by atoms with Gasteiger partial charge in [-0.1, -0.05) is 23.5 Å². The van der Waals surface area contributed by atoms with Gasteiger partial charge in [-0.15, -0.1) is 10.2 Å². The Bertz CT molecular complexity index is 905. The number of benzene rings is 1. The number of aromatic nitrogens is 4. The van der Waals surface area contributed by atoms with Gasteiger partial charge in [0.05, 0.1) is 0 Å². The summed E-state index contributed by atoms with van der Waals surface area (Å²) >= 11 is 3.73. The van der Waals surface area contributed by atoms with E-state index in [-0.39, 0.29) is 11.9 Å². The van der Waals surface area contributed by atoms with Crippen molar-refractivity contribution in [3.05, 3.63) is 33.7 Å². The second-order valence-electron chi connectivity index (χ2n) is 5.98. The molecule has 0 bridgehead atoms. The van der Waals surface area contributed by atoms with Gasteiger partial charge in [-0.25, -0.2) is 0 Å². The lowest BCUT2D eigenvalue weighted by molar-refractivity contribution is 0.0620. The molecule has 0 N–H and O–H groups in total. The molecule has 1 amide bonds. The van der Waals surface area contributed by atoms with E-state index in [1.807, 2.05) is 23.1 Å². The second-order valence-corrected chi connectivity index (χ2v) is 8.18. The standard InChI is InChI=1S/C16H16IN5OS/c1-10-5-2-3-8-21(10)15(23)13-18-19-16-22(13)20-14(24-16)11-6-4-7-12(17)9-11/h4,6-7,9-10H,2-3,5,8H2,1H3/t10-/m1/s1. The molecule has 0 saturated carbocycles. The van der Waals surface area contributed by atoms with E-state index in [1.165, 1.54) is 17.8 Å². The molecule has 1 aliphatic heterocycles. The number of piperidine rings is 1. The Hall–Kier alpha value is -1.55. The van der Waals surface area contributed by atoms with Crippen LogP contribution in [0.15, 0.2) is 24.3 Å². The third kappa shape index (κ3) is 2.81. The number of rotatable bonds is 2. The number of fused-ring (bicyclic) bond motifs is 1. The maximum atomic E-state index is 12.9. The molecule has 1 aromatic carbocycles. The van der Waals surface area contributed by atoms with Gasteiger partial charge in [-0.2, -0.15) is 9.61 Å². The third-order valence-corrected chi connectivity index (χ3v) is 5.94. The van der Waals surface area contributed by atoms with Crippen LogP contribution in [0.4, 0.5) is 0 Å². The summed E-state index contributed by atoms with van der Waals surface area (Å²) in [7, 11) is 0. The Morgan fingerprint density at radius 1 is 1.33 bits per heavy atom. The SMILES string of the molecule is C[C@@H]1CCCCN1C(=O)c1nnc2sc(-c3cccc(I)c3)nn12. The quantitative estimate of drug-likeness (QED) is 0.558. The first-order valence-corrected chi connectivity index (χ1v) is 9.82. The molecule has 6 nitrogen and oxygen atoms in total. The smallest absolute Gasteiger partial charge is 0.293 e. The van der Waals surface area contributed by atoms with Gasteiger partial charge in [0.25, 0.3) is 5.91 Å². The normalized spacial score (nSPS) is 18.2. The molecular weight excluding hydrogens is 437 g/mol. The van der Waals surface area contributed by atoms with Gasteiger partial charge >= 0.3 is 0 Å². The lowest BCUT2D eigenvalue weighted by Crippen LogP contribution is -2.42. The fraction of sp³-hybridized carbons (Fsp3) is 0.375. The number of carbonyl (C=O) groups is 1. The Kier molecular flexibility index (Phi) is 4.25. The van der Waals surface area contributed by atoms with Crippen molar-refractivity contribution in [3.63, 3.8) is 0 Å². The van der Waals surface area contributed by atoms with E-state index in [0.29, 0.717) is 10.8 Å². The third-order valence-electron chi connectivity index (χ3n) is 4.32. The van der Waals surface area contributed by atoms with Gasteiger partial charge in [-0.3, -0.25) is 4.79 Å². The van der Waals surface area contributed by atoms with Crippen molar-refractivity contribution in [2.24, 2.45) is 0 Å². The van der Waals surface area contributed by atoms with Crippen LogP contribution in [0.5, 0.6) is 0 Å². The molecule has 124 valence electrons. The summed E-state index contributed by atoms with van der Waals surface area (Å²) < 4.78 is 2.73. The van der Waals surface area contributed by atoms with Crippen LogP contribution in [-0.4, -0.2) is 43.2 Å². The van der Waals surface area contributed by atoms with Crippen molar-refractivity contribution < 1.29 is 4.79 Å². The predicted octanol–water partition coefficient (Wildman–Crippen LogP) is 3.47. The molecular formula is C16H16IN5OS. The van der Waals surface area contributed by atoms with Gasteiger partial charge in [0.15, 0.2) is 0 Å². The van der Waals surface area contributed by atoms with Crippen LogP contribution in [0.1, 0.15) is 36.8 Å². The van der Waals surface area contributed by atoms with Crippen LogP contribution in [-0.2, 0) is 0 Å². The fourth-order valence-electron chi connectivity index (χ4n) is 3.02. The van der Waals surface area contributed by atoms with E-state index >= 15 is 0 Å². The van der Waals surface area contributed by atoms with Crippen molar-refractivity contribution >= 4 is 44.8 Å². The highest BCUT2D eigenvalue weighted by Gasteiger charge is 2.28. The molecule has 8 heteroatoms. The first-order chi connectivity index (χ1) is 11.6. The van der Waals surface area contributed by atoms with Crippen molar-refractivity contribution in [2.75, 3.05) is 6.54 Å². The van der Waals surface area contributed by atoms with Crippen LogP contribution in [0, 0.1) is 3.57 Å². The molecule has 0 aliphatic carbocycles. The maximum absolute atomic E-state index is 12.9. The first kappa shape index (κ1) is 15.9. The summed E-state index contributed by atoms with van der Waals surface area (Å²) in [5.74, 6) is 0.237. The lowest BCUT2D eigenvalue weighted by atomic mass is 10.0. The van der Waals surface area contributed by atoms with Crippen LogP contribution >= 0.6 is 33.9 Å². The molecule has 24 heavy (non-hydrogen) atoms. The van der Waals surface area contributed by atoms with Gasteiger partial charge in [-0.05, 0) is 60.9 Å². The average molecular weight is 453 g/mol. The van der Waals surface area contributed by atoms with Crippen LogP contribution in [0.25, 0.3) is 15.5 Å². The van der Waals surface area contributed by atoms with Gasteiger partial charge in [0, 0.05) is 21.7 Å². The Labute approximate surface area is 157 Å². The molecule has 4 rings (SSSR count). The van der Waals surface area contributed by atoms with E-state index in [2.05, 4.69) is 50.9 Å². The molecule has 1 atom stereocenters. The minimum absolute atomic E-state index is 0.0748. The molecule has 2 aromatic heterocycles. The lowest BCUT2D eigenvalue weighted by Gasteiger charge is -2.32. The molecule has 1 fully saturated rings. The van der Waals surface area contributed by atoms with Crippen molar-refractivity contribution in [1.29, 1.82) is 0 Å². The van der Waals surface area contributed by atoms with E-state index in [0.717, 1.165) is 33.5 Å². The summed E-state index contributed by atoms with van der Waals surface area (Å²) in [6.07, 6.45) is 3.26. The largest absolute Gasteiger partial charge is 0.333 e. The Morgan fingerprint density at radius 3 is 3.00 bits per heavy atom. The molecule has 3 aromatic rings. The monoisotopic (exact) mass is 453 g/mol. The van der Waals surface area contributed by atoms with Crippen LogP contribution in [0.2, 0.25) is 0 Å². The maximum Gasteiger partial charge on any atom is 0.293 e. The highest BCUT2D eigenvalue weighted by molar-refractivity contribution is 14.1. The van der Waals surface area contributed by atoms with Gasteiger partial charge in [0.2, 0.25) is 10.8 Å². The number of carbonyl (C=O) groups excluding carboxylic acids is 1. The number of hydrogen-bond acceptors (Lipinski definition) is 5. The molecule has 1 saturated heterocycles. The number of hydrogen-bond donors (Lipinski definition) is 0. The second kappa shape index (κ2) is 6.40. The Balaban J connectivity index is 1.71. The van der Waals surface area contributed by atoms with Crippen molar-refractivity contribution in [3.8, 4) is 10.6 Å². The summed E-state index contributed by atoms with van der Waals surface area (Å²) in [6.45, 7) is 2.87. The average Bonchev–Trinajstić information content (AvgIpc) is 3.15. The topological polar surface area (TPSA) is 63.4 Å². The zero-order valence-electron chi connectivity index (χ0n) is 13.1. The summed E-state index contributed by atoms with van der Waals surface area (Å²) in [6, 6.07) is 8.37. The van der Waals surface area contributed by atoms with Crippen molar-refractivity contribution in [2.45, 2.75) is 32.2 Å². The van der Waals surface area contributed by atoms with E-state index < -0.39 is 0 Å². The number of halogens is 1. The van der Waals surface area contributed by atoms with E-state index in [1.54, 1.807) is 4.52 Å². The number of amides is 1. The summed E-state index contributed by atoms with van der Waals surface area (Å²) in [5, 5.41) is 13.7. The van der Waals surface area contributed by atoms with Crippen LogP contribution in [0.3, 0.4) is 0 Å². The first-order valence-electron chi connectivity index (χ1n) is 7.92. The minimum atomic E-state index is -0.0748. The van der Waals surface area contributed by atoms with Gasteiger partial charge < -0.3 is 4.90 Å². The van der Waals surface area contributed by atoms with E-state index in [4.69, 9.17) is 0 Å².